The molecule has 1 saturated heterocycles. The molecule has 1 aromatic carbocycles. The van der Waals surface area contributed by atoms with Gasteiger partial charge in [0.25, 0.3) is 0 Å². The Morgan fingerprint density at radius 1 is 1.23 bits per heavy atom. The first kappa shape index (κ1) is 18.0. The van der Waals surface area contributed by atoms with Crippen LogP contribution >= 0.6 is 0 Å². The minimum atomic E-state index is -0.305. The number of benzene rings is 1. The molecule has 3 rings (SSSR count). The van der Waals surface area contributed by atoms with E-state index in [9.17, 15) is 14.0 Å². The molecule has 0 unspecified atom stereocenters. The normalized spacial score (nSPS) is 16.5. The van der Waals surface area contributed by atoms with Gasteiger partial charge >= 0.3 is 0 Å². The quantitative estimate of drug-likeness (QED) is 0.897. The van der Waals surface area contributed by atoms with E-state index in [-0.39, 0.29) is 30.1 Å². The van der Waals surface area contributed by atoms with Crippen molar-refractivity contribution in [2.24, 2.45) is 0 Å². The van der Waals surface area contributed by atoms with E-state index in [4.69, 9.17) is 0 Å². The van der Waals surface area contributed by atoms with Crippen molar-refractivity contribution in [3.63, 3.8) is 0 Å². The number of aromatic nitrogens is 1. The van der Waals surface area contributed by atoms with Gasteiger partial charge in [0.05, 0.1) is 30.4 Å². The van der Waals surface area contributed by atoms with Crippen LogP contribution in [0.4, 0.5) is 4.39 Å². The van der Waals surface area contributed by atoms with Crippen LogP contribution in [-0.2, 0) is 22.6 Å². The van der Waals surface area contributed by atoms with Crippen molar-refractivity contribution in [3.05, 3.63) is 65.2 Å². The Bertz CT molecular complexity index is 792. The molecule has 26 heavy (non-hydrogen) atoms. The molecule has 136 valence electrons. The summed E-state index contributed by atoms with van der Waals surface area (Å²) in [6.07, 6.45) is 2.05. The van der Waals surface area contributed by atoms with Crippen LogP contribution in [-0.4, -0.2) is 28.2 Å². The summed E-state index contributed by atoms with van der Waals surface area (Å²) >= 11 is 0. The zero-order valence-electron chi connectivity index (χ0n) is 14.7. The Morgan fingerprint density at radius 2 is 2.00 bits per heavy atom. The summed E-state index contributed by atoms with van der Waals surface area (Å²) in [5.41, 5.74) is 2.42. The molecular weight excluding hydrogens is 333 g/mol. The highest BCUT2D eigenvalue weighted by atomic mass is 19.1. The van der Waals surface area contributed by atoms with E-state index in [1.165, 1.54) is 19.1 Å². The predicted octanol–water partition coefficient (Wildman–Crippen LogP) is 2.76. The fourth-order valence-electron chi connectivity index (χ4n) is 3.25. The number of pyridine rings is 1. The van der Waals surface area contributed by atoms with Gasteiger partial charge in [-0.15, -0.1) is 0 Å². The monoisotopic (exact) mass is 355 g/mol. The third-order valence-corrected chi connectivity index (χ3v) is 4.53. The highest BCUT2D eigenvalue weighted by Gasteiger charge is 2.30. The molecule has 0 bridgehead atoms. The number of nitrogens with zero attached hydrogens (tertiary/aromatic N) is 2. The van der Waals surface area contributed by atoms with Gasteiger partial charge in [-0.1, -0.05) is 18.2 Å². The smallest absolute Gasteiger partial charge is 0.227 e. The van der Waals surface area contributed by atoms with Gasteiger partial charge in [-0.3, -0.25) is 14.6 Å². The largest absolute Gasteiger partial charge is 0.351 e. The highest BCUT2D eigenvalue weighted by molar-refractivity contribution is 5.79. The lowest BCUT2D eigenvalue weighted by atomic mass is 10.1. The Balaban J connectivity index is 1.71. The van der Waals surface area contributed by atoms with Gasteiger partial charge in [0, 0.05) is 13.5 Å². The minimum absolute atomic E-state index is 0.0215. The van der Waals surface area contributed by atoms with Crippen LogP contribution in [0.25, 0.3) is 0 Å². The molecule has 1 atom stereocenters. The van der Waals surface area contributed by atoms with Crippen molar-refractivity contribution < 1.29 is 14.0 Å². The van der Waals surface area contributed by atoms with E-state index in [0.29, 0.717) is 13.1 Å². The fourth-order valence-corrected chi connectivity index (χ4v) is 3.25. The van der Waals surface area contributed by atoms with Crippen LogP contribution in [0.2, 0.25) is 0 Å². The third kappa shape index (κ3) is 4.45. The molecule has 5 nitrogen and oxygen atoms in total. The molecular formula is C20H22FN3O2. The SMILES string of the molecule is CC(=O)NCc1cccc([C@H]2CCCN2C(=O)Cc2ccc(F)cc2)n1. The van der Waals surface area contributed by atoms with Gasteiger partial charge in [-0.25, -0.2) is 4.39 Å². The van der Waals surface area contributed by atoms with Crippen LogP contribution in [0, 0.1) is 5.82 Å². The van der Waals surface area contributed by atoms with Crippen molar-refractivity contribution in [2.75, 3.05) is 6.54 Å². The Labute approximate surface area is 152 Å². The molecule has 1 aromatic heterocycles. The lowest BCUT2D eigenvalue weighted by molar-refractivity contribution is -0.131. The maximum absolute atomic E-state index is 13.0. The number of carbonyl (C=O) groups excluding carboxylic acids is 2. The molecule has 0 radical (unpaired) electrons. The first-order valence-corrected chi connectivity index (χ1v) is 8.77. The first-order valence-electron chi connectivity index (χ1n) is 8.77. The first-order chi connectivity index (χ1) is 12.5. The average Bonchev–Trinajstić information content (AvgIpc) is 3.12. The van der Waals surface area contributed by atoms with Gasteiger partial charge in [0.2, 0.25) is 11.8 Å². The summed E-state index contributed by atoms with van der Waals surface area (Å²) in [6, 6.07) is 11.7. The van der Waals surface area contributed by atoms with Gasteiger partial charge in [-0.2, -0.15) is 0 Å². The molecule has 2 amide bonds. The van der Waals surface area contributed by atoms with E-state index in [0.717, 1.165) is 29.8 Å². The van der Waals surface area contributed by atoms with Gasteiger partial charge in [0.15, 0.2) is 0 Å². The van der Waals surface area contributed by atoms with E-state index in [1.54, 1.807) is 12.1 Å². The van der Waals surface area contributed by atoms with Crippen LogP contribution in [0.1, 0.15) is 42.8 Å². The minimum Gasteiger partial charge on any atom is -0.351 e. The third-order valence-electron chi connectivity index (χ3n) is 4.53. The summed E-state index contributed by atoms with van der Waals surface area (Å²) in [6.45, 7) is 2.54. The molecule has 1 fully saturated rings. The molecule has 0 saturated carbocycles. The second-order valence-electron chi connectivity index (χ2n) is 6.51. The van der Waals surface area contributed by atoms with Crippen LogP contribution in [0.15, 0.2) is 42.5 Å². The molecule has 0 aliphatic carbocycles. The molecule has 1 aliphatic rings. The second kappa shape index (κ2) is 8.08. The summed E-state index contributed by atoms with van der Waals surface area (Å²) in [4.78, 5) is 30.3. The number of amides is 2. The fraction of sp³-hybridized carbons (Fsp3) is 0.350. The number of likely N-dealkylation sites (tertiary alicyclic amines) is 1. The van der Waals surface area contributed by atoms with Gasteiger partial charge < -0.3 is 10.2 Å². The van der Waals surface area contributed by atoms with Crippen molar-refractivity contribution >= 4 is 11.8 Å². The van der Waals surface area contributed by atoms with Crippen LogP contribution in [0.5, 0.6) is 0 Å². The molecule has 2 heterocycles. The number of halogens is 1. The van der Waals surface area contributed by atoms with Crippen molar-refractivity contribution in [2.45, 2.75) is 38.8 Å². The maximum atomic E-state index is 13.0. The molecule has 1 aliphatic heterocycles. The summed E-state index contributed by atoms with van der Waals surface area (Å²) < 4.78 is 13.0. The lowest BCUT2D eigenvalue weighted by Gasteiger charge is -2.25. The van der Waals surface area contributed by atoms with E-state index in [2.05, 4.69) is 10.3 Å². The lowest BCUT2D eigenvalue weighted by Crippen LogP contribution is -2.32. The Hall–Kier alpha value is -2.76. The van der Waals surface area contributed by atoms with Crippen LogP contribution in [0.3, 0.4) is 0 Å². The number of hydrogen-bond donors (Lipinski definition) is 1. The number of hydrogen-bond acceptors (Lipinski definition) is 3. The van der Waals surface area contributed by atoms with Crippen LogP contribution < -0.4 is 5.32 Å². The van der Waals surface area contributed by atoms with Crippen molar-refractivity contribution in [3.8, 4) is 0 Å². The topological polar surface area (TPSA) is 62.3 Å². The van der Waals surface area contributed by atoms with Gasteiger partial charge in [-0.05, 0) is 42.7 Å². The Kier molecular flexibility index (Phi) is 5.61. The zero-order chi connectivity index (χ0) is 18.5. The highest BCUT2D eigenvalue weighted by Crippen LogP contribution is 2.31. The number of carbonyl (C=O) groups is 2. The number of rotatable bonds is 5. The molecule has 1 N–H and O–H groups in total. The predicted molar refractivity (Wildman–Crippen MR) is 95.5 cm³/mol. The maximum Gasteiger partial charge on any atom is 0.227 e. The van der Waals surface area contributed by atoms with E-state index in [1.807, 2.05) is 23.1 Å². The van der Waals surface area contributed by atoms with Crippen molar-refractivity contribution in [1.82, 2.24) is 15.2 Å². The molecule has 2 aromatic rings. The molecule has 0 spiro atoms. The standard InChI is InChI=1S/C20H22FN3O2/c1-14(25)22-13-17-4-2-5-18(23-17)19-6-3-11-24(19)20(26)12-15-7-9-16(21)10-8-15/h2,4-5,7-10,19H,3,6,11-13H2,1H3,(H,22,25)/t19-/m1/s1. The summed E-state index contributed by atoms with van der Waals surface area (Å²) in [5, 5.41) is 2.74. The second-order valence-corrected chi connectivity index (χ2v) is 6.51. The summed E-state index contributed by atoms with van der Waals surface area (Å²) in [7, 11) is 0. The van der Waals surface area contributed by atoms with E-state index < -0.39 is 0 Å². The Morgan fingerprint density at radius 3 is 2.73 bits per heavy atom. The molecule has 6 heteroatoms. The zero-order valence-corrected chi connectivity index (χ0v) is 14.7. The van der Waals surface area contributed by atoms with Crippen molar-refractivity contribution in [1.29, 1.82) is 0 Å². The average molecular weight is 355 g/mol. The van der Waals surface area contributed by atoms with Gasteiger partial charge in [0.1, 0.15) is 5.82 Å². The summed E-state index contributed by atoms with van der Waals surface area (Å²) in [5.74, 6) is -0.386. The van der Waals surface area contributed by atoms with E-state index >= 15 is 0 Å². The number of nitrogens with one attached hydrogen (secondary N) is 1.